The Morgan fingerprint density at radius 3 is 2.88 bits per heavy atom. The number of aldehydes is 1. The molecule has 2 aromatic rings. The summed E-state index contributed by atoms with van der Waals surface area (Å²) in [6.07, 6.45) is 3.75. The summed E-state index contributed by atoms with van der Waals surface area (Å²) in [4.78, 5) is 23.2. The summed E-state index contributed by atoms with van der Waals surface area (Å²) in [7, 11) is 1.52. The van der Waals surface area contributed by atoms with Gasteiger partial charge in [0.1, 0.15) is 6.29 Å². The zero-order chi connectivity index (χ0) is 17.6. The van der Waals surface area contributed by atoms with E-state index in [0.29, 0.717) is 17.1 Å². The predicted octanol–water partition coefficient (Wildman–Crippen LogP) is 3.08. The third-order valence-corrected chi connectivity index (χ3v) is 4.39. The van der Waals surface area contributed by atoms with Gasteiger partial charge in [0, 0.05) is 5.56 Å². The predicted molar refractivity (Wildman–Crippen MR) is 94.1 cm³/mol. The number of methoxy groups -OCH3 is 1. The molecule has 1 aliphatic rings. The number of carbonyl (C=O) groups excluding carboxylic acids is 2. The highest BCUT2D eigenvalue weighted by atomic mass is 16.5. The highest BCUT2D eigenvalue weighted by molar-refractivity contribution is 5.79. The molecule has 0 aromatic heterocycles. The molecule has 3 rings (SSSR count). The van der Waals surface area contributed by atoms with Crippen molar-refractivity contribution in [3.8, 4) is 11.5 Å². The first-order valence-electron chi connectivity index (χ1n) is 8.34. The van der Waals surface area contributed by atoms with E-state index in [1.54, 1.807) is 18.2 Å². The first-order chi connectivity index (χ1) is 12.2. The molecule has 2 aromatic carbocycles. The third kappa shape index (κ3) is 3.99. The smallest absolute Gasteiger partial charge is 0.258 e. The van der Waals surface area contributed by atoms with E-state index in [1.807, 2.05) is 12.1 Å². The van der Waals surface area contributed by atoms with Gasteiger partial charge in [0.05, 0.1) is 13.2 Å². The van der Waals surface area contributed by atoms with Gasteiger partial charge in [-0.2, -0.15) is 0 Å². The molecule has 25 heavy (non-hydrogen) atoms. The summed E-state index contributed by atoms with van der Waals surface area (Å²) in [6, 6.07) is 13.1. The molecule has 0 saturated heterocycles. The van der Waals surface area contributed by atoms with Crippen LogP contribution in [0, 0.1) is 0 Å². The van der Waals surface area contributed by atoms with Crippen molar-refractivity contribution in [3.05, 3.63) is 59.2 Å². The Labute approximate surface area is 147 Å². The molecule has 0 bridgehead atoms. The van der Waals surface area contributed by atoms with Gasteiger partial charge in [0.2, 0.25) is 0 Å². The van der Waals surface area contributed by atoms with Crippen LogP contribution in [0.1, 0.15) is 40.4 Å². The number of aryl methyl sites for hydroxylation is 1. The molecule has 0 aliphatic heterocycles. The molecule has 0 spiro atoms. The average Bonchev–Trinajstić information content (AvgIpc) is 2.66. The maximum absolute atomic E-state index is 12.3. The molecular formula is C20H21NO4. The zero-order valence-electron chi connectivity index (χ0n) is 14.2. The Hall–Kier alpha value is -2.82. The SMILES string of the molecule is COc1ccc(C=O)cc1OCC(=O)N[C@@H]1CCCc2ccccc21. The topological polar surface area (TPSA) is 64.6 Å². The Morgan fingerprint density at radius 1 is 1.24 bits per heavy atom. The van der Waals surface area contributed by atoms with Crippen molar-refractivity contribution in [2.24, 2.45) is 0 Å². The minimum absolute atomic E-state index is 0.0178. The quantitative estimate of drug-likeness (QED) is 0.822. The number of hydrogen-bond acceptors (Lipinski definition) is 4. The molecule has 5 heteroatoms. The third-order valence-electron chi connectivity index (χ3n) is 4.39. The molecule has 1 atom stereocenters. The van der Waals surface area contributed by atoms with Gasteiger partial charge in [0.15, 0.2) is 18.1 Å². The summed E-state index contributed by atoms with van der Waals surface area (Å²) in [5, 5.41) is 3.04. The number of amides is 1. The molecule has 0 saturated carbocycles. The highest BCUT2D eigenvalue weighted by Gasteiger charge is 2.21. The van der Waals surface area contributed by atoms with Crippen molar-refractivity contribution in [1.29, 1.82) is 0 Å². The van der Waals surface area contributed by atoms with E-state index in [-0.39, 0.29) is 18.6 Å². The van der Waals surface area contributed by atoms with Gasteiger partial charge in [-0.15, -0.1) is 0 Å². The monoisotopic (exact) mass is 339 g/mol. The van der Waals surface area contributed by atoms with Crippen molar-refractivity contribution in [3.63, 3.8) is 0 Å². The summed E-state index contributed by atoms with van der Waals surface area (Å²) < 4.78 is 10.8. The van der Waals surface area contributed by atoms with Crippen LogP contribution in [0.25, 0.3) is 0 Å². The van der Waals surface area contributed by atoms with Gasteiger partial charge in [0.25, 0.3) is 5.91 Å². The van der Waals surface area contributed by atoms with Gasteiger partial charge >= 0.3 is 0 Å². The normalized spacial score (nSPS) is 15.8. The van der Waals surface area contributed by atoms with Crippen LogP contribution in [0.15, 0.2) is 42.5 Å². The molecule has 0 unspecified atom stereocenters. The standard InChI is InChI=1S/C20H21NO4/c1-24-18-10-9-14(12-22)11-19(18)25-13-20(23)21-17-8-4-6-15-5-2-3-7-16(15)17/h2-3,5,7,9-12,17H,4,6,8,13H2,1H3,(H,21,23)/t17-/m1/s1. The van der Waals surface area contributed by atoms with Crippen LogP contribution in [-0.4, -0.2) is 25.9 Å². The molecule has 1 amide bonds. The van der Waals surface area contributed by atoms with Gasteiger partial charge in [-0.1, -0.05) is 24.3 Å². The van der Waals surface area contributed by atoms with E-state index in [1.165, 1.54) is 18.2 Å². The number of fused-ring (bicyclic) bond motifs is 1. The molecule has 130 valence electrons. The second kappa shape index (κ2) is 7.83. The first kappa shape index (κ1) is 17.0. The Morgan fingerprint density at radius 2 is 2.08 bits per heavy atom. The van der Waals surface area contributed by atoms with Crippen LogP contribution >= 0.6 is 0 Å². The largest absolute Gasteiger partial charge is 0.493 e. The lowest BCUT2D eigenvalue weighted by Gasteiger charge is -2.26. The minimum Gasteiger partial charge on any atom is -0.493 e. The molecule has 0 radical (unpaired) electrons. The molecule has 1 N–H and O–H groups in total. The van der Waals surface area contributed by atoms with Crippen LogP contribution in [-0.2, 0) is 11.2 Å². The highest BCUT2D eigenvalue weighted by Crippen LogP contribution is 2.30. The van der Waals surface area contributed by atoms with E-state index < -0.39 is 0 Å². The maximum atomic E-state index is 12.3. The second-order valence-electron chi connectivity index (χ2n) is 6.03. The average molecular weight is 339 g/mol. The van der Waals surface area contributed by atoms with E-state index in [4.69, 9.17) is 9.47 Å². The van der Waals surface area contributed by atoms with Gasteiger partial charge < -0.3 is 14.8 Å². The molecule has 1 aliphatic carbocycles. The van der Waals surface area contributed by atoms with Crippen molar-refractivity contribution < 1.29 is 19.1 Å². The van der Waals surface area contributed by atoms with Gasteiger partial charge in [-0.05, 0) is 48.6 Å². The lowest BCUT2D eigenvalue weighted by molar-refractivity contribution is -0.124. The molecule has 0 heterocycles. The number of rotatable bonds is 6. The van der Waals surface area contributed by atoms with E-state index >= 15 is 0 Å². The van der Waals surface area contributed by atoms with Crippen LogP contribution < -0.4 is 14.8 Å². The lowest BCUT2D eigenvalue weighted by Crippen LogP contribution is -2.34. The van der Waals surface area contributed by atoms with Crippen LogP contribution in [0.3, 0.4) is 0 Å². The zero-order valence-corrected chi connectivity index (χ0v) is 14.2. The summed E-state index contributed by atoms with van der Waals surface area (Å²) >= 11 is 0. The van der Waals surface area contributed by atoms with E-state index in [2.05, 4.69) is 17.4 Å². The number of hydrogen-bond donors (Lipinski definition) is 1. The van der Waals surface area contributed by atoms with Crippen LogP contribution in [0.2, 0.25) is 0 Å². The fraction of sp³-hybridized carbons (Fsp3) is 0.300. The fourth-order valence-electron chi connectivity index (χ4n) is 3.16. The van der Waals surface area contributed by atoms with Gasteiger partial charge in [-0.3, -0.25) is 9.59 Å². The van der Waals surface area contributed by atoms with Gasteiger partial charge in [-0.25, -0.2) is 0 Å². The van der Waals surface area contributed by atoms with Crippen molar-refractivity contribution in [2.75, 3.05) is 13.7 Å². The van der Waals surface area contributed by atoms with Crippen LogP contribution in [0.4, 0.5) is 0 Å². The minimum atomic E-state index is -0.194. The van der Waals surface area contributed by atoms with Crippen molar-refractivity contribution in [1.82, 2.24) is 5.32 Å². The lowest BCUT2D eigenvalue weighted by atomic mass is 9.88. The Bertz CT molecular complexity index is 772. The van der Waals surface area contributed by atoms with E-state index in [0.717, 1.165) is 25.5 Å². The molecular weight excluding hydrogens is 318 g/mol. The number of nitrogens with one attached hydrogen (secondary N) is 1. The summed E-state index contributed by atoms with van der Waals surface area (Å²) in [5.41, 5.74) is 2.94. The first-order valence-corrected chi connectivity index (χ1v) is 8.34. The summed E-state index contributed by atoms with van der Waals surface area (Å²) in [5.74, 6) is 0.674. The maximum Gasteiger partial charge on any atom is 0.258 e. The number of benzene rings is 2. The van der Waals surface area contributed by atoms with Crippen molar-refractivity contribution in [2.45, 2.75) is 25.3 Å². The Balaban J connectivity index is 1.64. The van der Waals surface area contributed by atoms with Crippen molar-refractivity contribution >= 4 is 12.2 Å². The Kier molecular flexibility index (Phi) is 5.33. The number of ether oxygens (including phenoxy) is 2. The molecule has 5 nitrogen and oxygen atoms in total. The van der Waals surface area contributed by atoms with Crippen LogP contribution in [0.5, 0.6) is 11.5 Å². The summed E-state index contributed by atoms with van der Waals surface area (Å²) in [6.45, 7) is -0.128. The second-order valence-corrected chi connectivity index (χ2v) is 6.03. The van der Waals surface area contributed by atoms with E-state index in [9.17, 15) is 9.59 Å². The number of carbonyl (C=O) groups is 2. The fourth-order valence-corrected chi connectivity index (χ4v) is 3.16. The molecule has 0 fully saturated rings.